The van der Waals surface area contributed by atoms with Crippen LogP contribution >= 0.6 is 27.5 Å². The van der Waals surface area contributed by atoms with Crippen LogP contribution in [-0.2, 0) is 4.57 Å². The van der Waals surface area contributed by atoms with E-state index in [0.717, 1.165) is 0 Å². The quantitative estimate of drug-likeness (QED) is 0.564. The molecule has 1 aliphatic heterocycles. The van der Waals surface area contributed by atoms with Gasteiger partial charge in [-0.05, 0) is 28.1 Å². The molecule has 0 saturated heterocycles. The summed E-state index contributed by atoms with van der Waals surface area (Å²) in [4.78, 5) is 7.95. The smallest absolute Gasteiger partial charge is 0.254 e. The van der Waals surface area contributed by atoms with E-state index in [0.29, 0.717) is 10.7 Å². The van der Waals surface area contributed by atoms with Crippen LogP contribution in [0.3, 0.4) is 0 Å². The maximum Gasteiger partial charge on any atom is 0.271 e. The highest BCUT2D eigenvalue weighted by Crippen LogP contribution is 2.38. The number of alkyl halides is 1. The summed E-state index contributed by atoms with van der Waals surface area (Å²) in [6, 6.07) is 3.46. The molecule has 1 radical (unpaired) electrons. The predicted molar refractivity (Wildman–Crippen MR) is 52.1 cm³/mol. The molecule has 0 fully saturated rings. The third kappa shape index (κ3) is 1.49. The lowest BCUT2D eigenvalue weighted by Crippen LogP contribution is -2.11. The third-order valence-corrected chi connectivity index (χ3v) is 2.50. The van der Waals surface area contributed by atoms with Gasteiger partial charge in [0.05, 0.1) is 5.02 Å². The fourth-order valence-electron chi connectivity index (χ4n) is 0.920. The van der Waals surface area contributed by atoms with E-state index in [1.807, 2.05) is 0 Å². The van der Waals surface area contributed by atoms with Crippen molar-refractivity contribution in [2.45, 2.75) is 4.57 Å². The third-order valence-electron chi connectivity index (χ3n) is 1.49. The lowest BCUT2D eigenvalue weighted by atomic mass is 10.3. The Bertz CT molecular complexity index is 378. The van der Waals surface area contributed by atoms with E-state index in [1.54, 1.807) is 18.3 Å². The molecule has 2 heterocycles. The van der Waals surface area contributed by atoms with Crippen molar-refractivity contribution in [3.63, 3.8) is 0 Å². The van der Waals surface area contributed by atoms with Crippen molar-refractivity contribution < 1.29 is 0 Å². The van der Waals surface area contributed by atoms with Crippen molar-refractivity contribution in [2.75, 3.05) is 0 Å². The number of halogens is 2. The minimum absolute atomic E-state index is 0.491. The number of rotatable bonds is 1. The van der Waals surface area contributed by atoms with Gasteiger partial charge in [0, 0.05) is 6.20 Å². The number of hydrogen-bond acceptors (Lipinski definition) is 4. The molecule has 1 unspecified atom stereocenters. The maximum atomic E-state index is 5.91. The van der Waals surface area contributed by atoms with Crippen LogP contribution in [0, 0.1) is 0 Å². The largest absolute Gasteiger partial charge is 0.271 e. The van der Waals surface area contributed by atoms with Gasteiger partial charge in [0.25, 0.3) is 4.57 Å². The first kappa shape index (κ1) is 8.77. The molecule has 0 saturated carbocycles. The van der Waals surface area contributed by atoms with Crippen LogP contribution in [0.25, 0.3) is 0 Å². The van der Waals surface area contributed by atoms with E-state index in [4.69, 9.17) is 11.6 Å². The van der Waals surface area contributed by atoms with Crippen LogP contribution in [0.4, 0.5) is 0 Å². The molecule has 4 nitrogen and oxygen atoms in total. The Balaban J connectivity index is 2.52. The van der Waals surface area contributed by atoms with Gasteiger partial charge in [-0.15, -0.1) is 10.2 Å². The van der Waals surface area contributed by atoms with Crippen LogP contribution in [0.1, 0.15) is 5.69 Å². The predicted octanol–water partition coefficient (Wildman–Crippen LogP) is 2.61. The summed E-state index contributed by atoms with van der Waals surface area (Å²) >= 11 is 9.18. The summed E-state index contributed by atoms with van der Waals surface area (Å²) in [6.45, 7) is 0. The van der Waals surface area contributed by atoms with E-state index in [-0.39, 0.29) is 0 Å². The molecule has 1 aromatic heterocycles. The molecule has 2 rings (SSSR count). The summed E-state index contributed by atoms with van der Waals surface area (Å²) in [5.74, 6) is 0. The SMILES string of the molecule is Clc1cccnc1C1(Br)N=[C]N=N1. The maximum absolute atomic E-state index is 5.91. The highest BCUT2D eigenvalue weighted by molar-refractivity contribution is 9.09. The number of hydrogen-bond donors (Lipinski definition) is 0. The molecule has 0 amide bonds. The molecule has 1 aliphatic rings. The van der Waals surface area contributed by atoms with Crippen LogP contribution in [0.2, 0.25) is 5.02 Å². The van der Waals surface area contributed by atoms with Crippen LogP contribution in [0.5, 0.6) is 0 Å². The Morgan fingerprint density at radius 3 is 3.00 bits per heavy atom. The average molecular weight is 258 g/mol. The molecule has 0 N–H and O–H groups in total. The Morgan fingerprint density at radius 2 is 2.38 bits per heavy atom. The van der Waals surface area contributed by atoms with Crippen LogP contribution < -0.4 is 0 Å². The van der Waals surface area contributed by atoms with Gasteiger partial charge in [-0.1, -0.05) is 11.6 Å². The molecule has 6 heteroatoms. The van der Waals surface area contributed by atoms with Gasteiger partial charge in [-0.25, -0.2) is 4.99 Å². The summed E-state index contributed by atoms with van der Waals surface area (Å²) in [7, 11) is 0. The topological polar surface area (TPSA) is 50.0 Å². The Morgan fingerprint density at radius 1 is 1.54 bits per heavy atom. The summed E-state index contributed by atoms with van der Waals surface area (Å²) in [6.07, 6.45) is 3.99. The van der Waals surface area contributed by atoms with E-state index in [9.17, 15) is 0 Å². The highest BCUT2D eigenvalue weighted by atomic mass is 79.9. The first-order chi connectivity index (χ1) is 6.22. The average Bonchev–Trinajstić information content (AvgIpc) is 2.54. The first-order valence-electron chi connectivity index (χ1n) is 3.41. The Labute approximate surface area is 87.9 Å². The molecular weight excluding hydrogens is 255 g/mol. The molecule has 0 aliphatic carbocycles. The fraction of sp³-hybridized carbons (Fsp3) is 0.143. The summed E-state index contributed by atoms with van der Waals surface area (Å²) in [5.41, 5.74) is 0.519. The van der Waals surface area contributed by atoms with Gasteiger partial charge in [0.2, 0.25) is 6.34 Å². The zero-order valence-corrected chi connectivity index (χ0v) is 8.62. The van der Waals surface area contributed by atoms with E-state index < -0.39 is 4.57 Å². The highest BCUT2D eigenvalue weighted by Gasteiger charge is 2.34. The number of aromatic nitrogens is 1. The van der Waals surface area contributed by atoms with Gasteiger partial charge in [-0.2, -0.15) is 0 Å². The van der Waals surface area contributed by atoms with Crippen molar-refractivity contribution in [3.8, 4) is 0 Å². The Kier molecular flexibility index (Phi) is 2.13. The van der Waals surface area contributed by atoms with Crippen LogP contribution in [0.15, 0.2) is 33.6 Å². The minimum Gasteiger partial charge on any atom is -0.254 e. The summed E-state index contributed by atoms with van der Waals surface area (Å²) in [5, 5.41) is 7.82. The van der Waals surface area contributed by atoms with Crippen molar-refractivity contribution in [2.24, 2.45) is 15.2 Å². The number of pyridine rings is 1. The molecule has 0 bridgehead atoms. The van der Waals surface area contributed by atoms with E-state index in [2.05, 4.69) is 42.5 Å². The zero-order valence-electron chi connectivity index (χ0n) is 6.28. The zero-order chi connectivity index (χ0) is 9.31. The second-order valence-electron chi connectivity index (χ2n) is 2.33. The fourth-order valence-corrected chi connectivity index (χ4v) is 1.76. The van der Waals surface area contributed by atoms with Crippen LogP contribution in [-0.4, -0.2) is 11.3 Å². The van der Waals surface area contributed by atoms with Gasteiger partial charge in [0.15, 0.2) is 0 Å². The van der Waals surface area contributed by atoms with E-state index >= 15 is 0 Å². The number of nitrogens with zero attached hydrogens (tertiary/aromatic N) is 4. The Hall–Kier alpha value is -0.810. The molecule has 65 valence electrons. The minimum atomic E-state index is -0.981. The molecule has 1 aromatic rings. The van der Waals surface area contributed by atoms with Crippen molar-refractivity contribution in [1.29, 1.82) is 0 Å². The summed E-state index contributed by atoms with van der Waals surface area (Å²) < 4.78 is -0.981. The monoisotopic (exact) mass is 257 g/mol. The van der Waals surface area contributed by atoms with E-state index in [1.165, 1.54) is 0 Å². The lowest BCUT2D eigenvalue weighted by molar-refractivity contribution is 0.687. The van der Waals surface area contributed by atoms with Crippen molar-refractivity contribution >= 4 is 33.9 Å². The van der Waals surface area contributed by atoms with Gasteiger partial charge in [-0.3, -0.25) is 4.98 Å². The number of aliphatic imine (C=N–C) groups is 1. The molecule has 1 atom stereocenters. The van der Waals surface area contributed by atoms with Gasteiger partial charge < -0.3 is 0 Å². The second-order valence-corrected chi connectivity index (χ2v) is 3.85. The van der Waals surface area contributed by atoms with Crippen molar-refractivity contribution in [1.82, 2.24) is 4.98 Å². The molecule has 0 aromatic carbocycles. The van der Waals surface area contributed by atoms with Crippen molar-refractivity contribution in [3.05, 3.63) is 29.0 Å². The lowest BCUT2D eigenvalue weighted by Gasteiger charge is -2.12. The van der Waals surface area contributed by atoms with Gasteiger partial charge in [0.1, 0.15) is 5.69 Å². The molecule has 0 spiro atoms. The normalized spacial score (nSPS) is 25.4. The first-order valence-corrected chi connectivity index (χ1v) is 4.58. The molecular formula is C7H3BrClN4. The number of azo groups is 1. The standard InChI is InChI=1S/C7H3BrClN4/c8-7(11-4-12-13-7)6-5(9)2-1-3-10-6/h1-3H. The second kappa shape index (κ2) is 3.16. The molecule has 13 heavy (non-hydrogen) atoms. The van der Waals surface area contributed by atoms with Gasteiger partial charge >= 0.3 is 0 Å².